The van der Waals surface area contributed by atoms with Gasteiger partial charge in [-0.05, 0) is 85.2 Å². The predicted octanol–water partition coefficient (Wildman–Crippen LogP) is 12.6. The van der Waals surface area contributed by atoms with Crippen molar-refractivity contribution in [3.63, 3.8) is 0 Å². The number of aryl methyl sites for hydroxylation is 3. The smallest absolute Gasteiger partial charge is 0.0425 e. The summed E-state index contributed by atoms with van der Waals surface area (Å²) in [6.07, 6.45) is 1.84. The van der Waals surface area contributed by atoms with Gasteiger partial charge in [0, 0.05) is 72.6 Å². The van der Waals surface area contributed by atoms with Crippen molar-refractivity contribution in [2.24, 2.45) is 0 Å². The second-order valence-corrected chi connectivity index (χ2v) is 14.4. The molecule has 54 heavy (non-hydrogen) atoms. The number of fused-ring (bicyclic) bond motifs is 3. The molecule has 0 spiro atoms. The fourth-order valence-corrected chi connectivity index (χ4v) is 8.11. The molecule has 0 saturated carbocycles. The van der Waals surface area contributed by atoms with Crippen molar-refractivity contribution in [2.45, 2.75) is 40.0 Å². The van der Waals surface area contributed by atoms with Crippen LogP contribution in [0.1, 0.15) is 41.7 Å². The molecule has 0 bridgehead atoms. The third kappa shape index (κ3) is 5.97. The molecule has 270 valence electrons. The number of nitrogens with zero attached hydrogens (tertiary/aromatic N) is 4. The summed E-state index contributed by atoms with van der Waals surface area (Å²) in [5.74, 6) is 1.21. The quantitative estimate of drug-likeness (QED) is 0.155. The number of pyridine rings is 1. The zero-order valence-corrected chi connectivity index (χ0v) is 33.1. The molecule has 1 aromatic heterocycles. The van der Waals surface area contributed by atoms with Crippen molar-refractivity contribution in [1.29, 1.82) is 0 Å². The van der Waals surface area contributed by atoms with Gasteiger partial charge in [-0.25, -0.2) is 0 Å². The fourth-order valence-electron chi connectivity index (χ4n) is 8.11. The average Bonchev–Trinajstić information content (AvgIpc) is 3.55. The minimum Gasteiger partial charge on any atom is -0.503 e. The topological polar surface area (TPSA) is 31.8 Å². The number of aromatic nitrogens is 1. The number of hydrogen-bond acceptors (Lipinski definition) is 5. The van der Waals surface area contributed by atoms with Gasteiger partial charge >= 0.3 is 0 Å². The largest absolute Gasteiger partial charge is 0.503 e. The number of benzene rings is 6. The van der Waals surface area contributed by atoms with Gasteiger partial charge in [-0.2, -0.15) is 6.07 Å². The molecule has 5 nitrogen and oxygen atoms in total. The number of rotatable bonds is 6. The maximum Gasteiger partial charge on any atom is 0.0425 e. The summed E-state index contributed by atoms with van der Waals surface area (Å²) in [7, 11) is 0. The first-order valence-electron chi connectivity index (χ1n) is 18.1. The first-order chi connectivity index (χ1) is 25.8. The van der Waals surface area contributed by atoms with Crippen LogP contribution in [0.2, 0.25) is 0 Å². The zero-order valence-electron chi connectivity index (χ0n) is 30.9. The molecule has 6 aromatic carbocycles. The Hall–Kier alpha value is -5.64. The van der Waals surface area contributed by atoms with E-state index in [0.29, 0.717) is 11.5 Å². The Kier molecular flexibility index (Phi) is 9.16. The van der Waals surface area contributed by atoms with Crippen LogP contribution in [0.25, 0.3) is 11.3 Å². The summed E-state index contributed by atoms with van der Waals surface area (Å²) in [5.41, 5.74) is 15.0. The van der Waals surface area contributed by atoms with Crippen LogP contribution in [0.3, 0.4) is 0 Å². The van der Waals surface area contributed by atoms with E-state index in [0.717, 1.165) is 50.9 Å². The molecule has 0 amide bonds. The summed E-state index contributed by atoms with van der Waals surface area (Å²) in [5, 5.41) is 0. The maximum absolute atomic E-state index is 6.77. The van der Waals surface area contributed by atoms with Crippen LogP contribution in [0.15, 0.2) is 140 Å². The molecule has 6 heteroatoms. The van der Waals surface area contributed by atoms with Crippen molar-refractivity contribution in [1.82, 2.24) is 4.98 Å². The SMILES string of the molecule is Cc1cc(C)c(N2[CH-]N(c3[c-]c(Oc4[c-]c(-c5ccccn5)c5c(c4)C(C)(C)c4ccccc4N5c4ccccc4)ccc3)c3ccccc32)c(C)c1.[Pt]. The summed E-state index contributed by atoms with van der Waals surface area (Å²) >= 11 is 0. The van der Waals surface area contributed by atoms with E-state index in [1.165, 1.54) is 27.9 Å². The molecule has 9 rings (SSSR count). The predicted molar refractivity (Wildman–Crippen MR) is 216 cm³/mol. The number of hydrogen-bond donors (Lipinski definition) is 0. The van der Waals surface area contributed by atoms with E-state index in [1.807, 2.05) is 36.5 Å². The van der Waals surface area contributed by atoms with E-state index < -0.39 is 0 Å². The molecule has 0 fully saturated rings. The summed E-state index contributed by atoms with van der Waals surface area (Å²) < 4.78 is 6.77. The van der Waals surface area contributed by atoms with Crippen molar-refractivity contribution in [2.75, 3.05) is 14.7 Å². The van der Waals surface area contributed by atoms with Crippen LogP contribution in [0, 0.1) is 39.6 Å². The van der Waals surface area contributed by atoms with Crippen molar-refractivity contribution >= 4 is 39.8 Å². The first-order valence-corrected chi connectivity index (χ1v) is 18.1. The van der Waals surface area contributed by atoms with E-state index in [-0.39, 0.29) is 26.5 Å². The van der Waals surface area contributed by atoms with Crippen LogP contribution in [-0.2, 0) is 26.5 Å². The van der Waals surface area contributed by atoms with E-state index in [9.17, 15) is 0 Å². The van der Waals surface area contributed by atoms with Gasteiger partial charge in [0.05, 0.1) is 0 Å². The van der Waals surface area contributed by atoms with Crippen LogP contribution in [-0.4, -0.2) is 4.98 Å². The molecule has 3 heterocycles. The molecule has 0 unspecified atom stereocenters. The molecule has 0 saturated heterocycles. The molecule has 0 aliphatic carbocycles. The van der Waals surface area contributed by atoms with Crippen molar-refractivity contribution in [3.05, 3.63) is 186 Å². The third-order valence-corrected chi connectivity index (χ3v) is 10.4. The number of para-hydroxylation sites is 4. The number of ether oxygens (including phenoxy) is 1. The fraction of sp³-hybridized carbons (Fsp3) is 0.125. The Labute approximate surface area is 332 Å². The number of anilines is 7. The Balaban J connectivity index is 0.00000413. The monoisotopic (exact) mass is 882 g/mol. The molecule has 7 aromatic rings. The van der Waals surface area contributed by atoms with Crippen LogP contribution in [0.5, 0.6) is 11.5 Å². The minimum atomic E-state index is -0.344. The average molecular weight is 883 g/mol. The van der Waals surface area contributed by atoms with Crippen molar-refractivity contribution < 1.29 is 25.8 Å². The van der Waals surface area contributed by atoms with Crippen LogP contribution < -0.4 is 19.4 Å². The standard InChI is InChI=1S/C48H39N4O.Pt/c1-32-26-33(2)46(34(3)27-32)51-31-50(44-23-11-12-24-45(44)51)36-18-15-19-37(28-36)53-38-29-39(42-21-13-14-25-49-42)47-41(30-38)48(4,5)40-20-9-10-22-43(40)52(47)35-16-7-6-8-17-35;/h6-27,30-31H,1-5H3;/q-3;. The molecule has 0 N–H and O–H groups in total. The molecule has 0 atom stereocenters. The van der Waals surface area contributed by atoms with E-state index >= 15 is 0 Å². The van der Waals surface area contributed by atoms with Gasteiger partial charge in [-0.3, -0.25) is 0 Å². The second-order valence-electron chi connectivity index (χ2n) is 14.4. The van der Waals surface area contributed by atoms with E-state index in [4.69, 9.17) is 9.72 Å². The van der Waals surface area contributed by atoms with Gasteiger partial charge in [0.2, 0.25) is 0 Å². The Morgan fingerprint density at radius 2 is 1.28 bits per heavy atom. The molecule has 2 aliphatic heterocycles. The third-order valence-electron chi connectivity index (χ3n) is 10.4. The van der Waals surface area contributed by atoms with Crippen LogP contribution >= 0.6 is 0 Å². The normalized spacial score (nSPS) is 13.8. The Morgan fingerprint density at radius 3 is 2.00 bits per heavy atom. The molecular weight excluding hydrogens is 844 g/mol. The van der Waals surface area contributed by atoms with E-state index in [1.54, 1.807) is 0 Å². The zero-order chi connectivity index (χ0) is 36.3. The van der Waals surface area contributed by atoms with Gasteiger partial charge in [0.25, 0.3) is 0 Å². The van der Waals surface area contributed by atoms with Gasteiger partial charge in [-0.1, -0.05) is 115 Å². The molecular formula is C48H39N4OPt-3. The van der Waals surface area contributed by atoms with E-state index in [2.05, 4.69) is 171 Å². The molecule has 0 radical (unpaired) electrons. The second kappa shape index (κ2) is 14.0. The Bertz CT molecular complexity index is 2470. The summed E-state index contributed by atoms with van der Waals surface area (Å²) in [6, 6.07) is 53.7. The Morgan fingerprint density at radius 1 is 0.611 bits per heavy atom. The first kappa shape index (κ1) is 35.4. The van der Waals surface area contributed by atoms with Crippen LogP contribution in [0.4, 0.5) is 39.8 Å². The van der Waals surface area contributed by atoms with Gasteiger partial charge in [0.15, 0.2) is 0 Å². The van der Waals surface area contributed by atoms with Crippen molar-refractivity contribution in [3.8, 4) is 22.8 Å². The van der Waals surface area contributed by atoms with Gasteiger partial charge in [-0.15, -0.1) is 30.6 Å². The van der Waals surface area contributed by atoms with Gasteiger partial charge in [0.1, 0.15) is 0 Å². The maximum atomic E-state index is 6.77. The van der Waals surface area contributed by atoms with Gasteiger partial charge < -0.3 is 24.4 Å². The minimum absolute atomic E-state index is 0. The summed E-state index contributed by atoms with van der Waals surface area (Å²) in [4.78, 5) is 11.7. The molecule has 2 aliphatic rings. The summed E-state index contributed by atoms with van der Waals surface area (Å²) in [6.45, 7) is 13.2.